The zero-order valence-corrected chi connectivity index (χ0v) is 22.2. The summed E-state index contributed by atoms with van der Waals surface area (Å²) in [6.45, 7) is 1.73. The summed E-state index contributed by atoms with van der Waals surface area (Å²) in [6, 6.07) is 21.6. The van der Waals surface area contributed by atoms with Crippen LogP contribution in [-0.2, 0) is 16.6 Å². The Morgan fingerprint density at radius 1 is 0.821 bits per heavy atom. The van der Waals surface area contributed by atoms with E-state index in [-0.39, 0.29) is 33.2 Å². The number of carbonyl (C=O) groups is 3. The maximum absolute atomic E-state index is 13.2. The molecule has 11 heteroatoms. The topological polar surface area (TPSA) is 105 Å². The molecule has 1 aromatic heterocycles. The van der Waals surface area contributed by atoms with Crippen molar-refractivity contribution in [2.75, 3.05) is 15.5 Å². The summed E-state index contributed by atoms with van der Waals surface area (Å²) in [4.78, 5) is 53.0. The Labute approximate surface area is 232 Å². The van der Waals surface area contributed by atoms with Crippen LogP contribution in [0, 0.1) is 6.92 Å². The van der Waals surface area contributed by atoms with Crippen LogP contribution >= 0.6 is 23.2 Å². The molecular formula is C28H21Cl2N5O4. The van der Waals surface area contributed by atoms with Crippen LogP contribution in [0.5, 0.6) is 0 Å². The third kappa shape index (κ3) is 4.73. The monoisotopic (exact) mass is 561 g/mol. The first-order valence-corrected chi connectivity index (χ1v) is 12.5. The minimum atomic E-state index is -0.699. The highest BCUT2D eigenvalue weighted by Crippen LogP contribution is 2.31. The van der Waals surface area contributed by atoms with Crippen LogP contribution in [0.4, 0.5) is 17.1 Å². The lowest BCUT2D eigenvalue weighted by atomic mass is 10.1. The molecule has 0 saturated heterocycles. The van der Waals surface area contributed by atoms with Crippen molar-refractivity contribution in [3.63, 3.8) is 0 Å². The van der Waals surface area contributed by atoms with Crippen LogP contribution in [0.25, 0.3) is 5.69 Å². The van der Waals surface area contributed by atoms with Crippen molar-refractivity contribution >= 4 is 58.0 Å². The van der Waals surface area contributed by atoms with Gasteiger partial charge in [-0.1, -0.05) is 53.5 Å². The molecule has 0 atom stereocenters. The van der Waals surface area contributed by atoms with Gasteiger partial charge in [-0.05, 0) is 55.5 Å². The van der Waals surface area contributed by atoms with Crippen molar-refractivity contribution < 1.29 is 14.4 Å². The molecule has 0 aliphatic carbocycles. The summed E-state index contributed by atoms with van der Waals surface area (Å²) in [5.74, 6) is -1.89. The van der Waals surface area contributed by atoms with Crippen LogP contribution in [0.1, 0.15) is 16.1 Å². The lowest BCUT2D eigenvalue weighted by Gasteiger charge is -2.15. The van der Waals surface area contributed by atoms with E-state index < -0.39 is 17.7 Å². The Morgan fingerprint density at radius 3 is 2.23 bits per heavy atom. The van der Waals surface area contributed by atoms with E-state index in [2.05, 4.69) is 10.6 Å². The molecule has 196 valence electrons. The van der Waals surface area contributed by atoms with Gasteiger partial charge in [0.1, 0.15) is 16.4 Å². The highest BCUT2D eigenvalue weighted by molar-refractivity contribution is 6.53. The van der Waals surface area contributed by atoms with Gasteiger partial charge in [-0.25, -0.2) is 9.58 Å². The van der Waals surface area contributed by atoms with Crippen LogP contribution in [0.3, 0.4) is 0 Å². The number of benzene rings is 3. The van der Waals surface area contributed by atoms with Gasteiger partial charge >= 0.3 is 0 Å². The van der Waals surface area contributed by atoms with Gasteiger partial charge in [0.15, 0.2) is 0 Å². The zero-order valence-electron chi connectivity index (χ0n) is 20.7. The minimum absolute atomic E-state index is 0.135. The molecule has 0 saturated carbocycles. The van der Waals surface area contributed by atoms with Crippen LogP contribution in [-0.4, -0.2) is 27.1 Å². The molecule has 0 fully saturated rings. The lowest BCUT2D eigenvalue weighted by Crippen LogP contribution is -2.32. The maximum Gasteiger partial charge on any atom is 0.295 e. The number of imide groups is 1. The second kappa shape index (κ2) is 10.3. The number of nitrogens with zero attached hydrogens (tertiary/aromatic N) is 3. The Balaban J connectivity index is 1.38. The Morgan fingerprint density at radius 2 is 1.51 bits per heavy atom. The van der Waals surface area contributed by atoms with E-state index in [0.717, 1.165) is 4.90 Å². The SMILES string of the molecule is Cc1c(NC(=O)c2cccc(NC3=C(Cl)C(=O)N(c4cccc(Cl)c4)C3=O)c2)c(=O)n(-c2ccccc2)n1C. The van der Waals surface area contributed by atoms with Crippen molar-refractivity contribution in [3.8, 4) is 5.69 Å². The van der Waals surface area contributed by atoms with E-state index in [9.17, 15) is 19.2 Å². The van der Waals surface area contributed by atoms with E-state index in [1.54, 1.807) is 67.2 Å². The average Bonchev–Trinajstić information content (AvgIpc) is 3.27. The molecule has 3 aromatic carbocycles. The van der Waals surface area contributed by atoms with Crippen molar-refractivity contribution in [2.24, 2.45) is 7.05 Å². The van der Waals surface area contributed by atoms with Crippen LogP contribution < -0.4 is 21.1 Å². The fourth-order valence-electron chi connectivity index (χ4n) is 4.24. The van der Waals surface area contributed by atoms with Gasteiger partial charge < -0.3 is 10.6 Å². The van der Waals surface area contributed by atoms with Gasteiger partial charge in [0.25, 0.3) is 23.3 Å². The minimum Gasteiger partial charge on any atom is -0.350 e. The summed E-state index contributed by atoms with van der Waals surface area (Å²) < 4.78 is 3.12. The lowest BCUT2D eigenvalue weighted by molar-refractivity contribution is -0.120. The molecular weight excluding hydrogens is 541 g/mol. The summed E-state index contributed by atoms with van der Waals surface area (Å²) in [7, 11) is 1.73. The smallest absolute Gasteiger partial charge is 0.295 e. The number of anilines is 3. The van der Waals surface area contributed by atoms with Gasteiger partial charge in [-0.3, -0.25) is 23.9 Å². The number of hydrogen-bond acceptors (Lipinski definition) is 5. The van der Waals surface area contributed by atoms with Gasteiger partial charge in [0.05, 0.1) is 17.1 Å². The summed E-state index contributed by atoms with van der Waals surface area (Å²) in [5, 5.41) is 5.62. The van der Waals surface area contributed by atoms with Crippen molar-refractivity contribution in [2.45, 2.75) is 6.92 Å². The first kappa shape index (κ1) is 26.0. The second-order valence-corrected chi connectivity index (χ2v) is 9.53. The third-order valence-corrected chi connectivity index (χ3v) is 6.87. The predicted molar refractivity (Wildman–Crippen MR) is 151 cm³/mol. The molecule has 2 heterocycles. The van der Waals surface area contributed by atoms with Crippen molar-refractivity contribution in [1.82, 2.24) is 9.36 Å². The molecule has 1 aliphatic heterocycles. The molecule has 0 radical (unpaired) electrons. The van der Waals surface area contributed by atoms with Gasteiger partial charge in [-0.2, -0.15) is 0 Å². The number of rotatable bonds is 6. The fourth-order valence-corrected chi connectivity index (χ4v) is 4.64. The third-order valence-electron chi connectivity index (χ3n) is 6.28. The van der Waals surface area contributed by atoms with Crippen LogP contribution in [0.2, 0.25) is 5.02 Å². The Bertz CT molecular complexity index is 1740. The van der Waals surface area contributed by atoms with Crippen molar-refractivity contribution in [3.05, 3.63) is 116 Å². The molecule has 5 rings (SSSR count). The maximum atomic E-state index is 13.2. The number of para-hydroxylation sites is 1. The van der Waals surface area contributed by atoms with E-state index in [4.69, 9.17) is 23.2 Å². The molecule has 2 N–H and O–H groups in total. The van der Waals surface area contributed by atoms with Gasteiger partial charge in [-0.15, -0.1) is 0 Å². The number of aromatic nitrogens is 2. The number of nitrogens with one attached hydrogen (secondary N) is 2. The highest BCUT2D eigenvalue weighted by atomic mass is 35.5. The van der Waals surface area contributed by atoms with E-state index >= 15 is 0 Å². The molecule has 3 amide bonds. The number of carbonyl (C=O) groups excluding carboxylic acids is 3. The van der Waals surface area contributed by atoms with Gasteiger partial charge in [0.2, 0.25) is 0 Å². The largest absolute Gasteiger partial charge is 0.350 e. The fraction of sp³-hybridized carbons (Fsp3) is 0.0714. The van der Waals surface area contributed by atoms with Crippen LogP contribution in [0.15, 0.2) is 94.4 Å². The molecule has 0 bridgehead atoms. The normalized spacial score (nSPS) is 13.3. The van der Waals surface area contributed by atoms with E-state index in [0.29, 0.717) is 22.1 Å². The Kier molecular flexibility index (Phi) is 6.86. The molecule has 0 unspecified atom stereocenters. The summed E-state index contributed by atoms with van der Waals surface area (Å²) in [5.41, 5.74) is 1.70. The summed E-state index contributed by atoms with van der Waals surface area (Å²) >= 11 is 12.2. The first-order valence-electron chi connectivity index (χ1n) is 11.7. The number of hydrogen-bond donors (Lipinski definition) is 2. The molecule has 4 aromatic rings. The standard InChI is InChI=1S/C28H21Cl2N5O4/c1-16-23(28(39)35(33(16)2)20-11-4-3-5-12-20)32-25(36)17-8-6-10-19(14-17)31-24-22(30)26(37)34(27(24)38)21-13-7-9-18(29)15-21/h3-15,31H,1-2H3,(H,32,36). The Hall–Kier alpha value is -4.60. The zero-order chi connectivity index (χ0) is 27.8. The highest BCUT2D eigenvalue weighted by Gasteiger charge is 2.39. The molecule has 0 spiro atoms. The first-order chi connectivity index (χ1) is 18.7. The second-order valence-electron chi connectivity index (χ2n) is 8.71. The van der Waals surface area contributed by atoms with Crippen molar-refractivity contribution in [1.29, 1.82) is 0 Å². The number of amides is 3. The molecule has 9 nitrogen and oxygen atoms in total. The predicted octanol–water partition coefficient (Wildman–Crippen LogP) is 4.83. The van der Waals surface area contributed by atoms with E-state index in [1.807, 2.05) is 18.2 Å². The average molecular weight is 562 g/mol. The van der Waals surface area contributed by atoms with E-state index in [1.165, 1.54) is 16.8 Å². The van der Waals surface area contributed by atoms with Gasteiger partial charge in [0, 0.05) is 23.3 Å². The molecule has 39 heavy (non-hydrogen) atoms. The summed E-state index contributed by atoms with van der Waals surface area (Å²) in [6.07, 6.45) is 0. The quantitative estimate of drug-likeness (QED) is 0.328. The molecule has 1 aliphatic rings. The number of halogens is 2.